The van der Waals surface area contributed by atoms with Gasteiger partial charge in [-0.25, -0.2) is 4.99 Å². The van der Waals surface area contributed by atoms with Crippen molar-refractivity contribution in [2.75, 3.05) is 46.5 Å². The number of nitrogens with zero attached hydrogens (tertiary/aromatic N) is 2. The number of ether oxygens (including phenoxy) is 3. The monoisotopic (exact) mass is 539 g/mol. The predicted octanol–water partition coefficient (Wildman–Crippen LogP) is 4.21. The lowest BCUT2D eigenvalue weighted by molar-refractivity contribution is 0.00988. The summed E-state index contributed by atoms with van der Waals surface area (Å²) in [4.78, 5) is 7.09. The third-order valence-corrected chi connectivity index (χ3v) is 4.90. The molecule has 6 nitrogen and oxygen atoms in total. The van der Waals surface area contributed by atoms with E-state index in [1.54, 1.807) is 7.11 Å². The normalized spacial score (nSPS) is 16.3. The second-order valence-corrected chi connectivity index (χ2v) is 7.36. The second kappa shape index (κ2) is 15.1. The Labute approximate surface area is 197 Å². The summed E-state index contributed by atoms with van der Waals surface area (Å²) >= 11 is 6.17. The van der Waals surface area contributed by atoms with E-state index in [1.165, 1.54) is 0 Å². The molecule has 2 rings (SSSR count). The number of benzene rings is 1. The Balaban J connectivity index is 0.00000420. The molecular weight excluding hydrogens is 505 g/mol. The number of para-hydroxylation sites is 1. The molecule has 0 radical (unpaired) electrons. The predicted molar refractivity (Wildman–Crippen MR) is 130 cm³/mol. The molecule has 0 aromatic heterocycles. The highest BCUT2D eigenvalue weighted by Crippen LogP contribution is 2.24. The van der Waals surface area contributed by atoms with Crippen LogP contribution >= 0.6 is 35.6 Å². The molecule has 166 valence electrons. The molecule has 1 heterocycles. The van der Waals surface area contributed by atoms with Crippen LogP contribution in [0.4, 0.5) is 0 Å². The Morgan fingerprint density at radius 2 is 2.00 bits per heavy atom. The molecule has 1 N–H and O–H groups in total. The van der Waals surface area contributed by atoms with Crippen molar-refractivity contribution < 1.29 is 14.2 Å². The number of aliphatic imine (C=N–C) groups is 1. The number of hydrogen-bond acceptors (Lipinski definition) is 4. The van der Waals surface area contributed by atoms with E-state index < -0.39 is 0 Å². The Morgan fingerprint density at radius 1 is 1.28 bits per heavy atom. The Kier molecular flexibility index (Phi) is 13.7. The SMILES string of the molecule is CCNC(=NCC(C)Oc1ccccc1Cl)N1CCC(OCCCOC)CC1.I. The van der Waals surface area contributed by atoms with Crippen molar-refractivity contribution in [2.24, 2.45) is 4.99 Å². The van der Waals surface area contributed by atoms with Crippen LogP contribution in [0.3, 0.4) is 0 Å². The molecule has 0 amide bonds. The first-order valence-electron chi connectivity index (χ1n) is 10.2. The highest BCUT2D eigenvalue weighted by molar-refractivity contribution is 14.0. The van der Waals surface area contributed by atoms with Crippen LogP contribution in [0.1, 0.15) is 33.1 Å². The van der Waals surface area contributed by atoms with Crippen molar-refractivity contribution in [3.63, 3.8) is 0 Å². The third kappa shape index (κ3) is 9.72. The Morgan fingerprint density at radius 3 is 2.66 bits per heavy atom. The summed E-state index contributed by atoms with van der Waals surface area (Å²) in [6.07, 6.45) is 3.25. The molecule has 1 aromatic carbocycles. The van der Waals surface area contributed by atoms with E-state index in [9.17, 15) is 0 Å². The molecule has 8 heteroatoms. The van der Waals surface area contributed by atoms with Gasteiger partial charge in [-0.3, -0.25) is 0 Å². The van der Waals surface area contributed by atoms with Crippen LogP contribution in [0.25, 0.3) is 0 Å². The highest BCUT2D eigenvalue weighted by atomic mass is 127. The van der Waals surface area contributed by atoms with E-state index in [1.807, 2.05) is 31.2 Å². The lowest BCUT2D eigenvalue weighted by Crippen LogP contribution is -2.47. The Hall–Kier alpha value is -0.770. The fraction of sp³-hybridized carbons (Fsp3) is 0.667. The lowest BCUT2D eigenvalue weighted by atomic mass is 10.1. The highest BCUT2D eigenvalue weighted by Gasteiger charge is 2.22. The van der Waals surface area contributed by atoms with Gasteiger partial charge in [0.1, 0.15) is 11.9 Å². The maximum atomic E-state index is 6.17. The van der Waals surface area contributed by atoms with Crippen LogP contribution in [0.5, 0.6) is 5.75 Å². The topological polar surface area (TPSA) is 55.3 Å². The second-order valence-electron chi connectivity index (χ2n) is 6.96. The van der Waals surface area contributed by atoms with Crippen LogP contribution in [-0.4, -0.2) is 69.6 Å². The van der Waals surface area contributed by atoms with E-state index in [0.717, 1.165) is 58.1 Å². The van der Waals surface area contributed by atoms with Gasteiger partial charge in [0, 0.05) is 40.0 Å². The van der Waals surface area contributed by atoms with Gasteiger partial charge in [0.2, 0.25) is 0 Å². The lowest BCUT2D eigenvalue weighted by Gasteiger charge is -2.34. The number of nitrogens with one attached hydrogen (secondary N) is 1. The Bertz CT molecular complexity index is 598. The first-order valence-corrected chi connectivity index (χ1v) is 10.6. The molecule has 1 saturated heterocycles. The first kappa shape index (κ1) is 26.3. The van der Waals surface area contributed by atoms with Crippen molar-refractivity contribution >= 4 is 41.5 Å². The molecule has 1 atom stereocenters. The van der Waals surface area contributed by atoms with Gasteiger partial charge < -0.3 is 24.4 Å². The molecule has 1 unspecified atom stereocenters. The fourth-order valence-electron chi connectivity index (χ4n) is 3.12. The molecule has 0 bridgehead atoms. The van der Waals surface area contributed by atoms with Crippen LogP contribution in [0.15, 0.2) is 29.3 Å². The number of hydrogen-bond donors (Lipinski definition) is 1. The van der Waals surface area contributed by atoms with Gasteiger partial charge in [0.15, 0.2) is 5.96 Å². The zero-order chi connectivity index (χ0) is 20.2. The van der Waals surface area contributed by atoms with Gasteiger partial charge in [-0.15, -0.1) is 24.0 Å². The van der Waals surface area contributed by atoms with Gasteiger partial charge in [0.05, 0.1) is 17.7 Å². The van der Waals surface area contributed by atoms with Gasteiger partial charge in [-0.05, 0) is 45.2 Å². The summed E-state index contributed by atoms with van der Waals surface area (Å²) in [7, 11) is 1.72. The average Bonchev–Trinajstić information content (AvgIpc) is 2.71. The van der Waals surface area contributed by atoms with Gasteiger partial charge in [-0.1, -0.05) is 23.7 Å². The largest absolute Gasteiger partial charge is 0.487 e. The smallest absolute Gasteiger partial charge is 0.194 e. The van der Waals surface area contributed by atoms with Crippen LogP contribution in [-0.2, 0) is 9.47 Å². The summed E-state index contributed by atoms with van der Waals surface area (Å²) in [6, 6.07) is 7.53. The van der Waals surface area contributed by atoms with Crippen molar-refractivity contribution in [3.8, 4) is 5.75 Å². The standard InChI is InChI=1S/C21H34ClN3O3.HI/c1-4-23-21(24-16-17(2)28-20-9-6-5-8-19(20)22)25-12-10-18(11-13-25)27-15-7-14-26-3;/h5-6,8-9,17-18H,4,7,10-16H2,1-3H3,(H,23,24);1H. The molecular formula is C21H35ClIN3O3. The molecule has 1 aromatic rings. The average molecular weight is 540 g/mol. The number of piperidine rings is 1. The third-order valence-electron chi connectivity index (χ3n) is 4.59. The quantitative estimate of drug-likeness (QED) is 0.209. The van der Waals surface area contributed by atoms with E-state index in [-0.39, 0.29) is 30.1 Å². The molecule has 0 saturated carbocycles. The van der Waals surface area contributed by atoms with Crippen molar-refractivity contribution in [2.45, 2.75) is 45.3 Å². The summed E-state index contributed by atoms with van der Waals surface area (Å²) in [5.41, 5.74) is 0. The van der Waals surface area contributed by atoms with Gasteiger partial charge in [-0.2, -0.15) is 0 Å². The minimum absolute atomic E-state index is 0. The number of rotatable bonds is 10. The molecule has 1 fully saturated rings. The zero-order valence-electron chi connectivity index (χ0n) is 17.7. The number of halogens is 2. The summed E-state index contributed by atoms with van der Waals surface area (Å²) < 4.78 is 16.9. The number of likely N-dealkylation sites (tertiary alicyclic amines) is 1. The van der Waals surface area contributed by atoms with Crippen LogP contribution < -0.4 is 10.1 Å². The fourth-order valence-corrected chi connectivity index (χ4v) is 3.30. The molecule has 0 aliphatic carbocycles. The van der Waals surface area contributed by atoms with Gasteiger partial charge in [0.25, 0.3) is 0 Å². The van der Waals surface area contributed by atoms with Crippen molar-refractivity contribution in [1.82, 2.24) is 10.2 Å². The summed E-state index contributed by atoms with van der Waals surface area (Å²) in [5, 5.41) is 4.02. The van der Waals surface area contributed by atoms with E-state index >= 15 is 0 Å². The maximum Gasteiger partial charge on any atom is 0.194 e. The van der Waals surface area contributed by atoms with Crippen LogP contribution in [0, 0.1) is 0 Å². The van der Waals surface area contributed by atoms with Crippen LogP contribution in [0.2, 0.25) is 5.02 Å². The molecule has 29 heavy (non-hydrogen) atoms. The zero-order valence-corrected chi connectivity index (χ0v) is 20.8. The maximum absolute atomic E-state index is 6.17. The van der Waals surface area contributed by atoms with E-state index in [4.69, 9.17) is 30.8 Å². The number of methoxy groups -OCH3 is 1. The van der Waals surface area contributed by atoms with E-state index in [2.05, 4.69) is 17.1 Å². The van der Waals surface area contributed by atoms with E-state index in [0.29, 0.717) is 23.4 Å². The number of guanidine groups is 1. The molecule has 1 aliphatic rings. The minimum atomic E-state index is -0.0600. The summed E-state index contributed by atoms with van der Waals surface area (Å²) in [6.45, 7) is 8.92. The first-order chi connectivity index (χ1) is 13.6. The van der Waals surface area contributed by atoms with Crippen molar-refractivity contribution in [3.05, 3.63) is 29.3 Å². The molecule has 1 aliphatic heterocycles. The van der Waals surface area contributed by atoms with Crippen molar-refractivity contribution in [1.29, 1.82) is 0 Å². The van der Waals surface area contributed by atoms with Gasteiger partial charge >= 0.3 is 0 Å². The molecule has 0 spiro atoms. The summed E-state index contributed by atoms with van der Waals surface area (Å²) in [5.74, 6) is 1.64. The minimum Gasteiger partial charge on any atom is -0.487 e.